The fraction of sp³-hybridized carbons (Fsp3) is 0.100. The lowest BCUT2D eigenvalue weighted by atomic mass is 10.2. The number of thiazole rings is 1. The Morgan fingerprint density at radius 2 is 2.11 bits per heavy atom. The van der Waals surface area contributed by atoms with Gasteiger partial charge in [0.1, 0.15) is 0 Å². The number of ether oxygens (including phenoxy) is 2. The minimum atomic E-state index is -0.396. The van der Waals surface area contributed by atoms with Gasteiger partial charge in [-0.05, 0) is 17.7 Å². The number of nitrogens with zero attached hydrogens (tertiary/aromatic N) is 2. The number of terminal acetylenes is 1. The summed E-state index contributed by atoms with van der Waals surface area (Å²) >= 11 is 7.46. The van der Waals surface area contributed by atoms with Crippen LogP contribution in [0.25, 0.3) is 16.3 Å². The van der Waals surface area contributed by atoms with Gasteiger partial charge < -0.3 is 14.0 Å². The number of halogens is 1. The molecule has 1 aromatic heterocycles. The van der Waals surface area contributed by atoms with Crippen LogP contribution in [0.5, 0.6) is 11.5 Å². The zero-order valence-electron chi connectivity index (χ0n) is 14.0. The number of aromatic nitrogens is 1. The molecule has 1 aliphatic heterocycles. The molecule has 0 unspecified atom stereocenters. The second kappa shape index (κ2) is 7.31. The summed E-state index contributed by atoms with van der Waals surface area (Å²) in [5.74, 6) is 3.53. The van der Waals surface area contributed by atoms with Crippen molar-refractivity contribution in [3.05, 3.63) is 57.9 Å². The van der Waals surface area contributed by atoms with Gasteiger partial charge >= 0.3 is 0 Å². The minimum absolute atomic E-state index is 0.199. The van der Waals surface area contributed by atoms with Gasteiger partial charge in [0.15, 0.2) is 16.3 Å². The number of amides is 1. The van der Waals surface area contributed by atoms with E-state index >= 15 is 0 Å². The summed E-state index contributed by atoms with van der Waals surface area (Å²) in [6.45, 7) is 0.490. The van der Waals surface area contributed by atoms with Crippen molar-refractivity contribution < 1.29 is 14.3 Å². The number of hydrogen-bond donors (Lipinski definition) is 0. The summed E-state index contributed by atoms with van der Waals surface area (Å²) in [6.07, 6.45) is 8.53. The minimum Gasteiger partial charge on any atom is -0.454 e. The predicted octanol–water partition coefficient (Wildman–Crippen LogP) is 3.86. The monoisotopic (exact) mass is 396 g/mol. The Morgan fingerprint density at radius 1 is 1.33 bits per heavy atom. The zero-order chi connectivity index (χ0) is 18.8. The first kappa shape index (κ1) is 17.4. The average Bonchev–Trinajstić information content (AvgIpc) is 3.24. The first-order valence-corrected chi connectivity index (χ1v) is 9.23. The highest BCUT2D eigenvalue weighted by atomic mass is 35.5. The van der Waals surface area contributed by atoms with Gasteiger partial charge in [0, 0.05) is 23.2 Å². The quantitative estimate of drug-likeness (QED) is 0.499. The third-order valence-electron chi connectivity index (χ3n) is 3.94. The number of carbonyl (C=O) groups is 1. The van der Waals surface area contributed by atoms with Crippen LogP contribution in [0.3, 0.4) is 0 Å². The summed E-state index contributed by atoms with van der Waals surface area (Å²) in [7, 11) is 0. The molecule has 0 radical (unpaired) electrons. The summed E-state index contributed by atoms with van der Waals surface area (Å²) < 4.78 is 13.6. The van der Waals surface area contributed by atoms with Crippen molar-refractivity contribution in [1.29, 1.82) is 0 Å². The Hall–Kier alpha value is -3.01. The third kappa shape index (κ3) is 3.47. The van der Waals surface area contributed by atoms with Crippen LogP contribution >= 0.6 is 22.9 Å². The van der Waals surface area contributed by atoms with Gasteiger partial charge in [-0.15, -0.1) is 6.42 Å². The van der Waals surface area contributed by atoms with Crippen LogP contribution in [0, 0.1) is 12.3 Å². The predicted molar refractivity (Wildman–Crippen MR) is 106 cm³/mol. The maximum absolute atomic E-state index is 12.3. The number of fused-ring (bicyclic) bond motifs is 2. The Labute approximate surface area is 164 Å². The zero-order valence-corrected chi connectivity index (χ0v) is 15.6. The van der Waals surface area contributed by atoms with Crippen molar-refractivity contribution in [2.45, 2.75) is 6.54 Å². The Bertz CT molecular complexity index is 1180. The molecule has 134 valence electrons. The molecule has 0 saturated heterocycles. The molecule has 2 aromatic carbocycles. The molecule has 0 spiro atoms. The van der Waals surface area contributed by atoms with Crippen LogP contribution in [0.2, 0.25) is 5.02 Å². The number of rotatable bonds is 3. The fourth-order valence-corrected chi connectivity index (χ4v) is 3.94. The molecule has 0 aliphatic carbocycles. The van der Waals surface area contributed by atoms with E-state index in [0.29, 0.717) is 27.9 Å². The van der Waals surface area contributed by atoms with Crippen LogP contribution in [0.15, 0.2) is 47.5 Å². The van der Waals surface area contributed by atoms with Crippen molar-refractivity contribution in [1.82, 2.24) is 4.57 Å². The molecule has 3 aromatic rings. The smallest absolute Gasteiger partial charge is 0.272 e. The van der Waals surface area contributed by atoms with Gasteiger partial charge in [0.2, 0.25) is 6.79 Å². The summed E-state index contributed by atoms with van der Waals surface area (Å²) in [5.41, 5.74) is 1.60. The van der Waals surface area contributed by atoms with Crippen molar-refractivity contribution in [3.63, 3.8) is 0 Å². The van der Waals surface area contributed by atoms with E-state index in [2.05, 4.69) is 10.9 Å². The van der Waals surface area contributed by atoms with Crippen molar-refractivity contribution in [2.24, 2.45) is 4.99 Å². The van der Waals surface area contributed by atoms with Gasteiger partial charge in [0.05, 0.1) is 16.8 Å². The topological polar surface area (TPSA) is 52.8 Å². The van der Waals surface area contributed by atoms with Crippen LogP contribution in [0.1, 0.15) is 5.56 Å². The summed E-state index contributed by atoms with van der Waals surface area (Å²) in [5, 5.41) is 0.570. The molecule has 4 rings (SSSR count). The van der Waals surface area contributed by atoms with E-state index in [1.807, 2.05) is 34.9 Å². The average molecular weight is 397 g/mol. The van der Waals surface area contributed by atoms with E-state index in [1.54, 1.807) is 12.1 Å². The second-order valence-electron chi connectivity index (χ2n) is 5.65. The van der Waals surface area contributed by atoms with Crippen molar-refractivity contribution in [2.75, 3.05) is 6.79 Å². The lowest BCUT2D eigenvalue weighted by molar-refractivity contribution is -0.113. The normalized spacial score (nSPS) is 13.4. The molecule has 0 fully saturated rings. The highest BCUT2D eigenvalue weighted by Gasteiger charge is 2.17. The van der Waals surface area contributed by atoms with Gasteiger partial charge in [-0.25, -0.2) is 0 Å². The molecule has 1 aliphatic rings. The number of benzene rings is 2. The Kier molecular flexibility index (Phi) is 4.71. The lowest BCUT2D eigenvalue weighted by Gasteiger charge is -2.01. The first-order chi connectivity index (χ1) is 13.2. The molecule has 0 saturated carbocycles. The standard InChI is InChI=1S/C20H13ClN2O3S/c1-2-9-23-15-10-16-17(26-12-25-16)11-18(15)27-20(23)22-19(24)8-7-13-5-3-4-6-14(13)21/h1,3-8,10-11H,9,12H2/b8-7+,22-20?. The molecule has 5 nitrogen and oxygen atoms in total. The fourth-order valence-electron chi connectivity index (χ4n) is 2.69. The van der Waals surface area contributed by atoms with Gasteiger partial charge in [-0.1, -0.05) is 47.1 Å². The van der Waals surface area contributed by atoms with Gasteiger partial charge in [-0.3, -0.25) is 4.79 Å². The van der Waals surface area contributed by atoms with E-state index in [9.17, 15) is 4.79 Å². The van der Waals surface area contributed by atoms with Crippen LogP contribution < -0.4 is 14.3 Å². The first-order valence-electron chi connectivity index (χ1n) is 8.03. The van der Waals surface area contributed by atoms with E-state index in [1.165, 1.54) is 17.4 Å². The van der Waals surface area contributed by atoms with E-state index in [-0.39, 0.29) is 6.79 Å². The largest absolute Gasteiger partial charge is 0.454 e. The molecule has 0 atom stereocenters. The van der Waals surface area contributed by atoms with Gasteiger partial charge in [0.25, 0.3) is 5.91 Å². The molecule has 27 heavy (non-hydrogen) atoms. The lowest BCUT2D eigenvalue weighted by Crippen LogP contribution is -2.15. The third-order valence-corrected chi connectivity index (χ3v) is 5.33. The molecular weight excluding hydrogens is 384 g/mol. The maximum Gasteiger partial charge on any atom is 0.272 e. The molecule has 2 heterocycles. The highest BCUT2D eigenvalue weighted by molar-refractivity contribution is 7.16. The maximum atomic E-state index is 12.3. The van der Waals surface area contributed by atoms with Gasteiger partial charge in [-0.2, -0.15) is 4.99 Å². The SMILES string of the molecule is C#CCn1c(=NC(=O)/C=C/c2ccccc2Cl)sc2cc3c(cc21)OCO3. The van der Waals surface area contributed by atoms with Crippen LogP contribution in [0.4, 0.5) is 0 Å². The highest BCUT2D eigenvalue weighted by Crippen LogP contribution is 2.36. The molecule has 1 amide bonds. The molecule has 0 N–H and O–H groups in total. The summed E-state index contributed by atoms with van der Waals surface area (Å²) in [6, 6.07) is 11.0. The van der Waals surface area contributed by atoms with Crippen LogP contribution in [-0.4, -0.2) is 17.3 Å². The van der Waals surface area contributed by atoms with Crippen molar-refractivity contribution >= 4 is 45.1 Å². The number of carbonyl (C=O) groups excluding carboxylic acids is 1. The van der Waals surface area contributed by atoms with Crippen molar-refractivity contribution in [3.8, 4) is 23.8 Å². The van der Waals surface area contributed by atoms with E-state index in [0.717, 1.165) is 15.8 Å². The molecule has 0 bridgehead atoms. The molecule has 7 heteroatoms. The number of hydrogen-bond acceptors (Lipinski definition) is 4. The summed E-state index contributed by atoms with van der Waals surface area (Å²) in [4.78, 5) is 17.0. The Morgan fingerprint density at radius 3 is 2.89 bits per heavy atom. The van der Waals surface area contributed by atoms with Crippen LogP contribution in [-0.2, 0) is 11.3 Å². The molecular formula is C20H13ClN2O3S. The Balaban J connectivity index is 1.74. The second-order valence-corrected chi connectivity index (χ2v) is 7.07. The van der Waals surface area contributed by atoms with E-state index < -0.39 is 5.91 Å². The van der Waals surface area contributed by atoms with E-state index in [4.69, 9.17) is 27.5 Å².